The van der Waals surface area contributed by atoms with Crippen LogP contribution in [0.25, 0.3) is 0 Å². The van der Waals surface area contributed by atoms with Gasteiger partial charge in [0.05, 0.1) is 14.2 Å². The van der Waals surface area contributed by atoms with Crippen LogP contribution < -0.4 is 9.47 Å². The second-order valence-electron chi connectivity index (χ2n) is 3.17. The standard InChI is InChI=1S/C11H15BrO3/c1-7-8(4-5-13)9(12)6-10(14-2)11(7)15-3/h6,13H,4-5H2,1-3H3. The Labute approximate surface area is 98.1 Å². The summed E-state index contributed by atoms with van der Waals surface area (Å²) in [5.74, 6) is 1.42. The van der Waals surface area contributed by atoms with E-state index >= 15 is 0 Å². The second-order valence-corrected chi connectivity index (χ2v) is 4.03. The van der Waals surface area contributed by atoms with Gasteiger partial charge in [0, 0.05) is 11.1 Å². The van der Waals surface area contributed by atoms with Crippen LogP contribution in [0, 0.1) is 6.92 Å². The van der Waals surface area contributed by atoms with Gasteiger partial charge in [0.15, 0.2) is 11.5 Å². The van der Waals surface area contributed by atoms with E-state index in [4.69, 9.17) is 14.6 Å². The summed E-state index contributed by atoms with van der Waals surface area (Å²) >= 11 is 3.46. The summed E-state index contributed by atoms with van der Waals surface area (Å²) in [4.78, 5) is 0. The molecule has 84 valence electrons. The summed E-state index contributed by atoms with van der Waals surface area (Å²) in [5.41, 5.74) is 2.05. The Morgan fingerprint density at radius 2 is 2.00 bits per heavy atom. The minimum absolute atomic E-state index is 0.120. The maximum atomic E-state index is 8.97. The van der Waals surface area contributed by atoms with Gasteiger partial charge in [-0.1, -0.05) is 15.9 Å². The predicted octanol–water partition coefficient (Wildman–Crippen LogP) is 2.31. The number of methoxy groups -OCH3 is 2. The van der Waals surface area contributed by atoms with Gasteiger partial charge in [-0.3, -0.25) is 0 Å². The molecule has 0 unspecified atom stereocenters. The third-order valence-electron chi connectivity index (χ3n) is 2.35. The van der Waals surface area contributed by atoms with Crippen molar-refractivity contribution in [3.8, 4) is 11.5 Å². The Morgan fingerprint density at radius 3 is 2.47 bits per heavy atom. The maximum absolute atomic E-state index is 8.97. The average molecular weight is 275 g/mol. The minimum Gasteiger partial charge on any atom is -0.493 e. The first-order valence-electron chi connectivity index (χ1n) is 4.66. The van der Waals surface area contributed by atoms with Gasteiger partial charge >= 0.3 is 0 Å². The van der Waals surface area contributed by atoms with Crippen LogP contribution in [-0.2, 0) is 6.42 Å². The van der Waals surface area contributed by atoms with Gasteiger partial charge in [0.2, 0.25) is 0 Å². The highest BCUT2D eigenvalue weighted by Gasteiger charge is 2.14. The van der Waals surface area contributed by atoms with E-state index < -0.39 is 0 Å². The van der Waals surface area contributed by atoms with Crippen LogP contribution in [0.4, 0.5) is 0 Å². The van der Waals surface area contributed by atoms with Crippen molar-refractivity contribution in [2.75, 3.05) is 20.8 Å². The molecule has 0 saturated heterocycles. The predicted molar refractivity (Wildman–Crippen MR) is 62.8 cm³/mol. The first kappa shape index (κ1) is 12.3. The molecular weight excluding hydrogens is 260 g/mol. The topological polar surface area (TPSA) is 38.7 Å². The first-order valence-corrected chi connectivity index (χ1v) is 5.45. The Morgan fingerprint density at radius 1 is 1.33 bits per heavy atom. The van der Waals surface area contributed by atoms with E-state index in [0.717, 1.165) is 21.3 Å². The summed E-state index contributed by atoms with van der Waals surface area (Å²) in [6, 6.07) is 1.86. The summed E-state index contributed by atoms with van der Waals surface area (Å²) in [6.07, 6.45) is 0.604. The lowest BCUT2D eigenvalue weighted by molar-refractivity contribution is 0.298. The van der Waals surface area contributed by atoms with Crippen molar-refractivity contribution in [2.45, 2.75) is 13.3 Å². The molecule has 1 aromatic carbocycles. The molecule has 0 amide bonds. The molecule has 0 heterocycles. The molecule has 15 heavy (non-hydrogen) atoms. The SMILES string of the molecule is COc1cc(Br)c(CCO)c(C)c1OC. The van der Waals surface area contributed by atoms with Crippen LogP contribution >= 0.6 is 15.9 Å². The molecule has 1 aromatic rings. The van der Waals surface area contributed by atoms with E-state index in [1.165, 1.54) is 0 Å². The fourth-order valence-electron chi connectivity index (χ4n) is 1.59. The Bertz CT molecular complexity index is 350. The van der Waals surface area contributed by atoms with Gasteiger partial charge in [-0.05, 0) is 30.5 Å². The molecule has 0 atom stereocenters. The number of aliphatic hydroxyl groups is 1. The van der Waals surface area contributed by atoms with Crippen molar-refractivity contribution in [3.05, 3.63) is 21.7 Å². The third kappa shape index (κ3) is 2.44. The highest BCUT2D eigenvalue weighted by Crippen LogP contribution is 2.37. The molecule has 1 N–H and O–H groups in total. The normalized spacial score (nSPS) is 10.2. The molecule has 1 rings (SSSR count). The number of aliphatic hydroxyl groups excluding tert-OH is 1. The average Bonchev–Trinajstić information content (AvgIpc) is 2.23. The highest BCUT2D eigenvalue weighted by atomic mass is 79.9. The molecule has 0 fully saturated rings. The number of rotatable bonds is 4. The van der Waals surface area contributed by atoms with Gasteiger partial charge < -0.3 is 14.6 Å². The molecule has 0 saturated carbocycles. The van der Waals surface area contributed by atoms with Crippen molar-refractivity contribution in [2.24, 2.45) is 0 Å². The van der Waals surface area contributed by atoms with Crippen LogP contribution in [0.15, 0.2) is 10.5 Å². The van der Waals surface area contributed by atoms with Gasteiger partial charge in [-0.25, -0.2) is 0 Å². The Hall–Kier alpha value is -0.740. The van der Waals surface area contributed by atoms with E-state index in [1.807, 2.05) is 13.0 Å². The molecule has 3 nitrogen and oxygen atoms in total. The fraction of sp³-hybridized carbons (Fsp3) is 0.455. The summed E-state index contributed by atoms with van der Waals surface area (Å²) in [6.45, 7) is 2.08. The van der Waals surface area contributed by atoms with Crippen LogP contribution in [0.2, 0.25) is 0 Å². The summed E-state index contributed by atoms with van der Waals surface area (Å²) < 4.78 is 11.4. The largest absolute Gasteiger partial charge is 0.493 e. The molecule has 0 aliphatic carbocycles. The van der Waals surface area contributed by atoms with Crippen molar-refractivity contribution in [3.63, 3.8) is 0 Å². The van der Waals surface area contributed by atoms with Gasteiger partial charge in [0.1, 0.15) is 0 Å². The van der Waals surface area contributed by atoms with Crippen molar-refractivity contribution in [1.29, 1.82) is 0 Å². The maximum Gasteiger partial charge on any atom is 0.163 e. The zero-order valence-electron chi connectivity index (χ0n) is 9.13. The van der Waals surface area contributed by atoms with Crippen LogP contribution in [0.1, 0.15) is 11.1 Å². The smallest absolute Gasteiger partial charge is 0.163 e. The van der Waals surface area contributed by atoms with Crippen molar-refractivity contribution >= 4 is 15.9 Å². The number of hydrogen-bond donors (Lipinski definition) is 1. The van der Waals surface area contributed by atoms with Crippen molar-refractivity contribution in [1.82, 2.24) is 0 Å². The lowest BCUT2D eigenvalue weighted by Crippen LogP contribution is -2.01. The molecule has 0 spiro atoms. The number of hydrogen-bond acceptors (Lipinski definition) is 3. The number of benzene rings is 1. The summed E-state index contributed by atoms with van der Waals surface area (Å²) in [7, 11) is 3.22. The molecule has 4 heteroatoms. The zero-order chi connectivity index (χ0) is 11.4. The van der Waals surface area contributed by atoms with Crippen LogP contribution in [0.5, 0.6) is 11.5 Å². The van der Waals surface area contributed by atoms with E-state index in [1.54, 1.807) is 14.2 Å². The van der Waals surface area contributed by atoms with Gasteiger partial charge in [-0.2, -0.15) is 0 Å². The number of halogens is 1. The first-order chi connectivity index (χ1) is 7.15. The minimum atomic E-state index is 0.120. The molecule has 0 radical (unpaired) electrons. The monoisotopic (exact) mass is 274 g/mol. The lowest BCUT2D eigenvalue weighted by atomic mass is 10.0. The van der Waals surface area contributed by atoms with E-state index in [0.29, 0.717) is 12.2 Å². The van der Waals surface area contributed by atoms with Crippen LogP contribution in [0.3, 0.4) is 0 Å². The molecular formula is C11H15BrO3. The Kier molecular flexibility index (Phi) is 4.42. The van der Waals surface area contributed by atoms with E-state index in [9.17, 15) is 0 Å². The molecule has 0 bridgehead atoms. The fourth-order valence-corrected chi connectivity index (χ4v) is 2.30. The van der Waals surface area contributed by atoms with Crippen molar-refractivity contribution < 1.29 is 14.6 Å². The van der Waals surface area contributed by atoms with Gasteiger partial charge in [0.25, 0.3) is 0 Å². The lowest BCUT2D eigenvalue weighted by Gasteiger charge is -2.15. The summed E-state index contributed by atoms with van der Waals surface area (Å²) in [5, 5.41) is 8.97. The van der Waals surface area contributed by atoms with E-state index in [-0.39, 0.29) is 6.61 Å². The van der Waals surface area contributed by atoms with E-state index in [2.05, 4.69) is 15.9 Å². The number of ether oxygens (including phenoxy) is 2. The zero-order valence-corrected chi connectivity index (χ0v) is 10.7. The Balaban J connectivity index is 3.31. The second kappa shape index (κ2) is 5.37. The molecule has 0 aliphatic rings. The molecule has 0 aromatic heterocycles. The van der Waals surface area contributed by atoms with Gasteiger partial charge in [-0.15, -0.1) is 0 Å². The van der Waals surface area contributed by atoms with Crippen LogP contribution in [-0.4, -0.2) is 25.9 Å². The molecule has 0 aliphatic heterocycles. The third-order valence-corrected chi connectivity index (χ3v) is 3.06. The quantitative estimate of drug-likeness (QED) is 0.916. The highest BCUT2D eigenvalue weighted by molar-refractivity contribution is 9.10.